The summed E-state index contributed by atoms with van der Waals surface area (Å²) < 4.78 is 5.88. The van der Waals surface area contributed by atoms with Crippen LogP contribution in [0.1, 0.15) is 30.7 Å². The molecule has 6 nitrogen and oxygen atoms in total. The van der Waals surface area contributed by atoms with Crippen LogP contribution in [-0.2, 0) is 14.3 Å². The lowest BCUT2D eigenvalue weighted by molar-refractivity contribution is -0.134. The van der Waals surface area contributed by atoms with Gasteiger partial charge in [0.25, 0.3) is 0 Å². The van der Waals surface area contributed by atoms with Crippen LogP contribution in [0.5, 0.6) is 0 Å². The van der Waals surface area contributed by atoms with Crippen molar-refractivity contribution in [2.24, 2.45) is 11.8 Å². The second kappa shape index (κ2) is 11.0. The molecule has 29 heavy (non-hydrogen) atoms. The Morgan fingerprint density at radius 2 is 1.76 bits per heavy atom. The summed E-state index contributed by atoms with van der Waals surface area (Å²) in [7, 11) is 4.07. The van der Waals surface area contributed by atoms with Crippen LogP contribution in [0, 0.1) is 11.8 Å². The molecule has 160 valence electrons. The van der Waals surface area contributed by atoms with Crippen molar-refractivity contribution in [3.63, 3.8) is 0 Å². The van der Waals surface area contributed by atoms with Gasteiger partial charge in [0.15, 0.2) is 0 Å². The number of hydrogen-bond acceptors (Lipinski definition) is 4. The molecule has 1 aliphatic heterocycles. The van der Waals surface area contributed by atoms with Gasteiger partial charge >= 0.3 is 11.9 Å². The topological polar surface area (TPSA) is 87.1 Å². The van der Waals surface area contributed by atoms with Crippen molar-refractivity contribution in [2.45, 2.75) is 31.3 Å². The maximum Gasteiger partial charge on any atom is 0.328 e. The fourth-order valence-corrected chi connectivity index (χ4v) is 4.23. The fourth-order valence-electron chi connectivity index (χ4n) is 3.93. The number of hydrogen-bond donors (Lipinski definition) is 2. The van der Waals surface area contributed by atoms with E-state index >= 15 is 0 Å². The standard InChI is InChI=1S/C17H23Cl2NO.C4H4O4/c1-20-8-7-13(12-5-6-15(18)16(19)9-12)14(10-20)17(21-2)11-3-4-11;5-3(6)1-2-4(7)8/h5-6,9,11,13-14,17H,3-4,7-8,10H2,1-2H3;1-2H,(H,5,6)(H,7,8)/b;2-1+/t13-,14+,17?;/m1./s1. The lowest BCUT2D eigenvalue weighted by Gasteiger charge is -2.41. The van der Waals surface area contributed by atoms with Crippen molar-refractivity contribution in [2.75, 3.05) is 27.2 Å². The van der Waals surface area contributed by atoms with Crippen LogP contribution < -0.4 is 0 Å². The Hall–Kier alpha value is -1.60. The molecular formula is C21H27Cl2NO5. The number of methoxy groups -OCH3 is 1. The number of carboxylic acids is 2. The zero-order valence-electron chi connectivity index (χ0n) is 16.6. The zero-order chi connectivity index (χ0) is 21.6. The Labute approximate surface area is 181 Å². The SMILES string of the molecule is COC(C1CC1)[C@H]1CN(C)CC[C@@H]1c1ccc(Cl)c(Cl)c1.O=C(O)/C=C/C(=O)O. The molecule has 0 amide bonds. The third-order valence-corrected chi connectivity index (χ3v) is 6.12. The van der Waals surface area contributed by atoms with Gasteiger partial charge in [-0.3, -0.25) is 0 Å². The first kappa shape index (κ1) is 23.7. The molecule has 0 radical (unpaired) electrons. The van der Waals surface area contributed by atoms with E-state index in [2.05, 4.69) is 18.0 Å². The van der Waals surface area contributed by atoms with E-state index in [0.717, 1.165) is 25.4 Å². The summed E-state index contributed by atoms with van der Waals surface area (Å²) in [6, 6.07) is 6.11. The number of benzene rings is 1. The van der Waals surface area contributed by atoms with Crippen molar-refractivity contribution >= 4 is 35.1 Å². The first-order valence-electron chi connectivity index (χ1n) is 9.53. The number of carbonyl (C=O) groups is 2. The van der Waals surface area contributed by atoms with Crippen LogP contribution in [-0.4, -0.2) is 60.4 Å². The largest absolute Gasteiger partial charge is 0.478 e. The van der Waals surface area contributed by atoms with Crippen LogP contribution in [0.4, 0.5) is 0 Å². The average molecular weight is 444 g/mol. The highest BCUT2D eigenvalue weighted by atomic mass is 35.5. The fraction of sp³-hybridized carbons (Fsp3) is 0.524. The van der Waals surface area contributed by atoms with Crippen LogP contribution in [0.25, 0.3) is 0 Å². The number of rotatable bonds is 6. The molecule has 1 aromatic carbocycles. The number of aliphatic carboxylic acids is 2. The maximum atomic E-state index is 9.55. The molecule has 0 spiro atoms. The van der Waals surface area contributed by atoms with Crippen LogP contribution >= 0.6 is 23.2 Å². The molecule has 3 rings (SSSR count). The molecule has 8 heteroatoms. The summed E-state index contributed by atoms with van der Waals surface area (Å²) in [6.45, 7) is 2.22. The van der Waals surface area contributed by atoms with E-state index in [4.69, 9.17) is 38.2 Å². The molecule has 2 aliphatic rings. The van der Waals surface area contributed by atoms with Crippen LogP contribution in [0.15, 0.2) is 30.4 Å². The third-order valence-electron chi connectivity index (χ3n) is 5.38. The molecule has 1 unspecified atom stereocenters. The van der Waals surface area contributed by atoms with E-state index in [-0.39, 0.29) is 0 Å². The van der Waals surface area contributed by atoms with Gasteiger partial charge in [-0.15, -0.1) is 0 Å². The highest BCUT2D eigenvalue weighted by Crippen LogP contribution is 2.45. The van der Waals surface area contributed by atoms with E-state index < -0.39 is 11.9 Å². The van der Waals surface area contributed by atoms with E-state index in [1.807, 2.05) is 19.2 Å². The Kier molecular flexibility index (Phi) is 8.96. The minimum atomic E-state index is -1.26. The van der Waals surface area contributed by atoms with Crippen molar-refractivity contribution in [1.82, 2.24) is 4.90 Å². The number of nitrogens with zero attached hydrogens (tertiary/aromatic N) is 1. The monoisotopic (exact) mass is 443 g/mol. The summed E-state index contributed by atoms with van der Waals surface area (Å²) in [4.78, 5) is 21.5. The summed E-state index contributed by atoms with van der Waals surface area (Å²) in [5.74, 6) is -0.711. The molecule has 2 fully saturated rings. The Balaban J connectivity index is 0.000000321. The van der Waals surface area contributed by atoms with Crippen LogP contribution in [0.2, 0.25) is 10.0 Å². The van der Waals surface area contributed by atoms with Gasteiger partial charge in [-0.25, -0.2) is 9.59 Å². The van der Waals surface area contributed by atoms with Gasteiger partial charge in [-0.05, 0) is 62.4 Å². The van der Waals surface area contributed by atoms with Gasteiger partial charge in [0, 0.05) is 31.7 Å². The number of halogens is 2. The van der Waals surface area contributed by atoms with Crippen molar-refractivity contribution in [1.29, 1.82) is 0 Å². The molecule has 0 bridgehead atoms. The first-order chi connectivity index (χ1) is 13.7. The van der Waals surface area contributed by atoms with E-state index in [1.54, 1.807) is 0 Å². The van der Waals surface area contributed by atoms with Gasteiger partial charge < -0.3 is 19.8 Å². The molecule has 1 aliphatic carbocycles. The Morgan fingerprint density at radius 1 is 1.14 bits per heavy atom. The summed E-state index contributed by atoms with van der Waals surface area (Å²) in [5, 5.41) is 16.9. The highest BCUT2D eigenvalue weighted by Gasteiger charge is 2.42. The van der Waals surface area contributed by atoms with E-state index in [0.29, 0.717) is 40.1 Å². The quantitative estimate of drug-likeness (QED) is 0.641. The number of likely N-dealkylation sites (tertiary alicyclic amines) is 1. The molecule has 0 aromatic heterocycles. The maximum absolute atomic E-state index is 9.55. The molecule has 1 aromatic rings. The third kappa shape index (κ3) is 7.30. The van der Waals surface area contributed by atoms with Crippen molar-refractivity contribution < 1.29 is 24.5 Å². The average Bonchev–Trinajstić information content (AvgIpc) is 3.49. The number of piperidine rings is 1. The second-order valence-corrected chi connectivity index (χ2v) is 8.36. The van der Waals surface area contributed by atoms with Gasteiger partial charge in [-0.2, -0.15) is 0 Å². The van der Waals surface area contributed by atoms with Crippen molar-refractivity contribution in [3.8, 4) is 0 Å². The normalized spacial score (nSPS) is 23.3. The minimum Gasteiger partial charge on any atom is -0.478 e. The molecule has 1 saturated heterocycles. The lowest BCUT2D eigenvalue weighted by Crippen LogP contribution is -2.44. The molecule has 3 atom stereocenters. The summed E-state index contributed by atoms with van der Waals surface area (Å²) in [6.07, 6.45) is 5.27. The van der Waals surface area contributed by atoms with E-state index in [1.165, 1.54) is 18.4 Å². The Bertz CT molecular complexity index is 735. The zero-order valence-corrected chi connectivity index (χ0v) is 18.1. The second-order valence-electron chi connectivity index (χ2n) is 7.54. The summed E-state index contributed by atoms with van der Waals surface area (Å²) in [5.41, 5.74) is 1.31. The number of carboxylic acid groups (broad SMARTS) is 2. The Morgan fingerprint density at radius 3 is 2.24 bits per heavy atom. The molecule has 1 saturated carbocycles. The minimum absolute atomic E-state index is 0.368. The summed E-state index contributed by atoms with van der Waals surface area (Å²) >= 11 is 12.3. The predicted molar refractivity (Wildman–Crippen MR) is 113 cm³/mol. The highest BCUT2D eigenvalue weighted by molar-refractivity contribution is 6.42. The van der Waals surface area contributed by atoms with E-state index in [9.17, 15) is 9.59 Å². The smallest absolute Gasteiger partial charge is 0.328 e. The van der Waals surface area contributed by atoms with Crippen LogP contribution in [0.3, 0.4) is 0 Å². The molecule has 1 heterocycles. The molecule has 2 N–H and O–H groups in total. The van der Waals surface area contributed by atoms with Gasteiger partial charge in [0.2, 0.25) is 0 Å². The van der Waals surface area contributed by atoms with Gasteiger partial charge in [0.1, 0.15) is 0 Å². The van der Waals surface area contributed by atoms with Crippen molar-refractivity contribution in [3.05, 3.63) is 46.0 Å². The van der Waals surface area contributed by atoms with Gasteiger partial charge in [-0.1, -0.05) is 29.3 Å². The lowest BCUT2D eigenvalue weighted by atomic mass is 9.76. The number of ether oxygens (including phenoxy) is 1. The van der Waals surface area contributed by atoms with Gasteiger partial charge in [0.05, 0.1) is 16.1 Å². The first-order valence-corrected chi connectivity index (χ1v) is 10.3. The predicted octanol–water partition coefficient (Wildman–Crippen LogP) is 4.17. The molecular weight excluding hydrogens is 417 g/mol.